The van der Waals surface area contributed by atoms with Crippen molar-refractivity contribution < 1.29 is 18.3 Å². The topological polar surface area (TPSA) is 83.5 Å². The van der Waals surface area contributed by atoms with E-state index in [0.29, 0.717) is 5.56 Å². The molecule has 8 heteroatoms. The lowest BCUT2D eigenvalue weighted by molar-refractivity contribution is -0.137. The number of aryl methyl sites for hydroxylation is 1. The van der Waals surface area contributed by atoms with Crippen molar-refractivity contribution in [2.45, 2.75) is 24.3 Å². The standard InChI is InChI=1S/C16H15Cl2NO4S/c1-10-2-4-11(5-3-10)15(9-16(20)21)19-24(22,23)14-7-12(17)6-13(18)8-14/h2-8,15,19H,9H2,1H3,(H,20,21). The normalized spacial score (nSPS) is 12.8. The van der Waals surface area contributed by atoms with Gasteiger partial charge in [-0.05, 0) is 30.7 Å². The van der Waals surface area contributed by atoms with Crippen molar-refractivity contribution >= 4 is 39.2 Å². The van der Waals surface area contributed by atoms with Crippen LogP contribution in [-0.4, -0.2) is 19.5 Å². The Balaban J connectivity index is 2.37. The predicted molar refractivity (Wildman–Crippen MR) is 93.0 cm³/mol. The molecule has 128 valence electrons. The molecule has 24 heavy (non-hydrogen) atoms. The van der Waals surface area contributed by atoms with Crippen molar-refractivity contribution in [3.63, 3.8) is 0 Å². The van der Waals surface area contributed by atoms with Crippen LogP contribution in [-0.2, 0) is 14.8 Å². The summed E-state index contributed by atoms with van der Waals surface area (Å²) in [6, 6.07) is 9.96. The summed E-state index contributed by atoms with van der Waals surface area (Å²) >= 11 is 11.7. The van der Waals surface area contributed by atoms with Gasteiger partial charge in [0, 0.05) is 10.0 Å². The van der Waals surface area contributed by atoms with E-state index in [-0.39, 0.29) is 14.9 Å². The SMILES string of the molecule is Cc1ccc(C(CC(=O)O)NS(=O)(=O)c2cc(Cl)cc(Cl)c2)cc1. The minimum absolute atomic E-state index is 0.123. The third-order valence-electron chi connectivity index (χ3n) is 3.30. The Morgan fingerprint density at radius 1 is 1.12 bits per heavy atom. The van der Waals surface area contributed by atoms with Gasteiger partial charge < -0.3 is 5.11 Å². The number of hydrogen-bond donors (Lipinski definition) is 2. The second kappa shape index (κ2) is 7.53. The molecule has 0 aliphatic heterocycles. The van der Waals surface area contributed by atoms with E-state index in [1.54, 1.807) is 24.3 Å². The Labute approximate surface area is 150 Å². The average molecular weight is 388 g/mol. The minimum Gasteiger partial charge on any atom is -0.481 e. The largest absolute Gasteiger partial charge is 0.481 e. The number of sulfonamides is 1. The van der Waals surface area contributed by atoms with Crippen LogP contribution in [0.15, 0.2) is 47.4 Å². The molecule has 0 fully saturated rings. The summed E-state index contributed by atoms with van der Waals surface area (Å²) in [7, 11) is -3.99. The summed E-state index contributed by atoms with van der Waals surface area (Å²) in [5.74, 6) is -1.12. The van der Waals surface area contributed by atoms with E-state index in [9.17, 15) is 13.2 Å². The van der Waals surface area contributed by atoms with Crippen molar-refractivity contribution in [1.82, 2.24) is 4.72 Å². The summed E-state index contributed by atoms with van der Waals surface area (Å²) in [6.07, 6.45) is -0.392. The first-order valence-electron chi connectivity index (χ1n) is 6.94. The van der Waals surface area contributed by atoms with Gasteiger partial charge in [0.25, 0.3) is 0 Å². The number of carboxylic acids is 1. The first-order valence-corrected chi connectivity index (χ1v) is 9.18. The van der Waals surface area contributed by atoms with Crippen molar-refractivity contribution in [3.05, 3.63) is 63.6 Å². The first kappa shape index (κ1) is 18.7. The third-order valence-corrected chi connectivity index (χ3v) is 5.19. The molecule has 0 amide bonds. The Morgan fingerprint density at radius 2 is 1.67 bits per heavy atom. The van der Waals surface area contributed by atoms with Gasteiger partial charge in [-0.3, -0.25) is 4.79 Å². The summed E-state index contributed by atoms with van der Waals surface area (Å²) in [5, 5.41) is 9.43. The molecule has 0 bridgehead atoms. The fourth-order valence-corrected chi connectivity index (χ4v) is 4.09. The molecule has 1 atom stereocenters. The van der Waals surface area contributed by atoms with Gasteiger partial charge in [-0.15, -0.1) is 0 Å². The molecule has 0 aliphatic carbocycles. The van der Waals surface area contributed by atoms with Crippen LogP contribution in [0.3, 0.4) is 0 Å². The van der Waals surface area contributed by atoms with Gasteiger partial charge in [-0.25, -0.2) is 13.1 Å². The molecule has 0 saturated carbocycles. The number of carbonyl (C=O) groups is 1. The zero-order valence-corrected chi connectivity index (χ0v) is 15.0. The third kappa shape index (κ3) is 4.95. The van der Waals surface area contributed by atoms with Gasteiger partial charge in [0.15, 0.2) is 0 Å². The first-order chi connectivity index (χ1) is 11.2. The smallest absolute Gasteiger partial charge is 0.305 e. The van der Waals surface area contributed by atoms with Gasteiger partial charge in [0.05, 0.1) is 17.4 Å². The van der Waals surface area contributed by atoms with Crippen molar-refractivity contribution in [2.24, 2.45) is 0 Å². The zero-order chi connectivity index (χ0) is 17.9. The highest BCUT2D eigenvalue weighted by molar-refractivity contribution is 7.89. The summed E-state index contributed by atoms with van der Waals surface area (Å²) in [5.41, 5.74) is 1.54. The van der Waals surface area contributed by atoms with Crippen LogP contribution in [0.4, 0.5) is 0 Å². The highest BCUT2D eigenvalue weighted by Crippen LogP contribution is 2.25. The lowest BCUT2D eigenvalue weighted by Crippen LogP contribution is -2.30. The van der Waals surface area contributed by atoms with E-state index in [4.69, 9.17) is 28.3 Å². The van der Waals surface area contributed by atoms with Gasteiger partial charge in [0.1, 0.15) is 0 Å². The van der Waals surface area contributed by atoms with Crippen LogP contribution in [0.2, 0.25) is 10.0 Å². The van der Waals surface area contributed by atoms with Crippen molar-refractivity contribution in [1.29, 1.82) is 0 Å². The summed E-state index contributed by atoms with van der Waals surface area (Å²) in [6.45, 7) is 1.88. The van der Waals surface area contributed by atoms with E-state index in [1.165, 1.54) is 18.2 Å². The van der Waals surface area contributed by atoms with Crippen LogP contribution in [0.25, 0.3) is 0 Å². The van der Waals surface area contributed by atoms with Crippen LogP contribution in [0.5, 0.6) is 0 Å². The highest BCUT2D eigenvalue weighted by atomic mass is 35.5. The molecule has 0 saturated heterocycles. The number of carboxylic acid groups (broad SMARTS) is 1. The molecule has 1 unspecified atom stereocenters. The maximum atomic E-state index is 12.5. The van der Waals surface area contributed by atoms with Crippen LogP contribution in [0.1, 0.15) is 23.6 Å². The van der Waals surface area contributed by atoms with Crippen molar-refractivity contribution in [2.75, 3.05) is 0 Å². The molecule has 0 radical (unpaired) electrons. The molecular formula is C16H15Cl2NO4S. The highest BCUT2D eigenvalue weighted by Gasteiger charge is 2.24. The second-order valence-corrected chi connectivity index (χ2v) is 7.87. The van der Waals surface area contributed by atoms with E-state index in [1.807, 2.05) is 6.92 Å². The molecule has 0 spiro atoms. The maximum absolute atomic E-state index is 12.5. The molecular weight excluding hydrogens is 373 g/mol. The Hall–Kier alpha value is -1.60. The second-order valence-electron chi connectivity index (χ2n) is 5.29. The fraction of sp³-hybridized carbons (Fsp3) is 0.188. The molecule has 2 N–H and O–H groups in total. The van der Waals surface area contributed by atoms with Crippen LogP contribution in [0, 0.1) is 6.92 Å². The molecule has 0 aromatic heterocycles. The summed E-state index contributed by atoms with van der Waals surface area (Å²) in [4.78, 5) is 11.0. The Morgan fingerprint density at radius 3 is 2.17 bits per heavy atom. The van der Waals surface area contributed by atoms with E-state index in [2.05, 4.69) is 4.72 Å². The van der Waals surface area contributed by atoms with E-state index in [0.717, 1.165) is 5.56 Å². The van der Waals surface area contributed by atoms with Crippen LogP contribution >= 0.6 is 23.2 Å². The number of hydrogen-bond acceptors (Lipinski definition) is 3. The van der Waals surface area contributed by atoms with E-state index < -0.39 is 28.5 Å². The lowest BCUT2D eigenvalue weighted by Gasteiger charge is -2.18. The molecule has 2 aromatic rings. The monoisotopic (exact) mass is 387 g/mol. The molecule has 5 nitrogen and oxygen atoms in total. The fourth-order valence-electron chi connectivity index (χ4n) is 2.14. The number of aliphatic carboxylic acids is 1. The quantitative estimate of drug-likeness (QED) is 0.789. The molecule has 0 aliphatic rings. The van der Waals surface area contributed by atoms with E-state index >= 15 is 0 Å². The predicted octanol–water partition coefficient (Wildman–Crippen LogP) is 3.80. The van der Waals surface area contributed by atoms with Crippen LogP contribution < -0.4 is 4.72 Å². The van der Waals surface area contributed by atoms with Crippen molar-refractivity contribution in [3.8, 4) is 0 Å². The number of halogens is 2. The number of benzene rings is 2. The zero-order valence-electron chi connectivity index (χ0n) is 12.7. The Kier molecular flexibility index (Phi) is 5.87. The average Bonchev–Trinajstić information content (AvgIpc) is 2.45. The number of rotatable bonds is 6. The minimum atomic E-state index is -3.99. The van der Waals surface area contributed by atoms with Gasteiger partial charge in [0.2, 0.25) is 10.0 Å². The summed E-state index contributed by atoms with van der Waals surface area (Å²) < 4.78 is 27.5. The molecule has 0 heterocycles. The molecule has 2 rings (SSSR count). The number of nitrogens with one attached hydrogen (secondary N) is 1. The lowest BCUT2D eigenvalue weighted by atomic mass is 10.0. The molecule has 2 aromatic carbocycles. The van der Waals surface area contributed by atoms with Gasteiger partial charge in [-0.2, -0.15) is 0 Å². The van der Waals surface area contributed by atoms with Gasteiger partial charge in [-0.1, -0.05) is 53.0 Å². The maximum Gasteiger partial charge on any atom is 0.305 e. The van der Waals surface area contributed by atoms with Gasteiger partial charge >= 0.3 is 5.97 Å². The Bertz CT molecular complexity index is 831.